The molecule has 2 aliphatic rings. The second-order valence-electron chi connectivity index (χ2n) is 7.61. The van der Waals surface area contributed by atoms with Crippen molar-refractivity contribution in [1.82, 2.24) is 15.1 Å². The number of rotatable bonds is 2. The summed E-state index contributed by atoms with van der Waals surface area (Å²) in [4.78, 5) is 13.7. The number of aromatic nitrogens is 2. The minimum Gasteiger partial charge on any atom is -0.351 e. The number of fused-ring (bicyclic) bond motifs is 5. The standard InChI is InChI=1S/C22H19FN4O/c1-13-9-18(23)17(10-15(13)19-7-4-8-25-26-19)22-11-20(27(12-22)21(24)28)14-5-2-3-6-16(14)22/h2-10,20H,11-12H2,1H3,(H2,24,28). The predicted octanol–water partition coefficient (Wildman–Crippen LogP) is 3.72. The SMILES string of the molecule is Cc1cc(F)c(C23CC(c4ccccc42)N(C(N)=O)C3)cc1-c1cccnn1. The Morgan fingerprint density at radius 2 is 2.04 bits per heavy atom. The first-order valence-electron chi connectivity index (χ1n) is 9.25. The molecule has 0 spiro atoms. The van der Waals surface area contributed by atoms with Crippen molar-refractivity contribution in [1.29, 1.82) is 0 Å². The number of nitrogens with two attached hydrogens (primary N) is 1. The third-order valence-electron chi connectivity index (χ3n) is 6.15. The van der Waals surface area contributed by atoms with E-state index in [0.717, 1.165) is 22.3 Å². The fraction of sp³-hybridized carbons (Fsp3) is 0.227. The molecule has 0 radical (unpaired) electrons. The summed E-state index contributed by atoms with van der Waals surface area (Å²) in [6.45, 7) is 2.24. The van der Waals surface area contributed by atoms with Gasteiger partial charge in [0.15, 0.2) is 0 Å². The molecule has 2 aromatic carbocycles. The maximum absolute atomic E-state index is 15.3. The van der Waals surface area contributed by atoms with Crippen molar-refractivity contribution in [2.24, 2.45) is 5.73 Å². The van der Waals surface area contributed by atoms with Gasteiger partial charge in [0.2, 0.25) is 0 Å². The molecule has 3 aromatic rings. The summed E-state index contributed by atoms with van der Waals surface area (Å²) >= 11 is 0. The monoisotopic (exact) mass is 374 g/mol. The molecule has 1 aromatic heterocycles. The van der Waals surface area contributed by atoms with E-state index in [-0.39, 0.29) is 11.9 Å². The summed E-state index contributed by atoms with van der Waals surface area (Å²) in [5.74, 6) is -0.271. The number of likely N-dealkylation sites (tertiary alicyclic amines) is 1. The third-order valence-corrected chi connectivity index (χ3v) is 6.15. The minimum atomic E-state index is -0.606. The van der Waals surface area contributed by atoms with E-state index in [2.05, 4.69) is 10.2 Å². The van der Waals surface area contributed by atoms with E-state index in [9.17, 15) is 4.79 Å². The van der Waals surface area contributed by atoms with Crippen LogP contribution in [0.4, 0.5) is 9.18 Å². The van der Waals surface area contributed by atoms with Crippen LogP contribution in [-0.2, 0) is 5.41 Å². The number of halogens is 1. The first kappa shape index (κ1) is 16.9. The average Bonchev–Trinajstić information content (AvgIpc) is 3.25. The van der Waals surface area contributed by atoms with E-state index in [1.54, 1.807) is 17.2 Å². The van der Waals surface area contributed by atoms with E-state index in [1.807, 2.05) is 49.4 Å². The smallest absolute Gasteiger partial charge is 0.315 e. The van der Waals surface area contributed by atoms with Crippen LogP contribution in [0.1, 0.15) is 34.7 Å². The second-order valence-corrected chi connectivity index (χ2v) is 7.61. The number of carbonyl (C=O) groups excluding carboxylic acids is 1. The average molecular weight is 374 g/mol. The highest BCUT2D eigenvalue weighted by Crippen LogP contribution is 2.57. The van der Waals surface area contributed by atoms with Crippen molar-refractivity contribution in [2.75, 3.05) is 6.54 Å². The van der Waals surface area contributed by atoms with Crippen molar-refractivity contribution < 1.29 is 9.18 Å². The van der Waals surface area contributed by atoms with Crippen LogP contribution in [0.25, 0.3) is 11.3 Å². The van der Waals surface area contributed by atoms with Gasteiger partial charge in [-0.25, -0.2) is 9.18 Å². The highest BCUT2D eigenvalue weighted by molar-refractivity contribution is 5.76. The Morgan fingerprint density at radius 1 is 1.21 bits per heavy atom. The molecule has 2 bridgehead atoms. The highest BCUT2D eigenvalue weighted by atomic mass is 19.1. The number of hydrogen-bond acceptors (Lipinski definition) is 3. The number of urea groups is 1. The molecule has 1 fully saturated rings. The third kappa shape index (κ3) is 2.21. The Bertz CT molecular complexity index is 1100. The summed E-state index contributed by atoms with van der Waals surface area (Å²) in [5, 5.41) is 8.15. The van der Waals surface area contributed by atoms with Crippen molar-refractivity contribution in [3.05, 3.63) is 82.8 Å². The van der Waals surface area contributed by atoms with Gasteiger partial charge in [-0.2, -0.15) is 10.2 Å². The maximum atomic E-state index is 15.3. The topological polar surface area (TPSA) is 72.1 Å². The van der Waals surface area contributed by atoms with Crippen LogP contribution in [0.2, 0.25) is 0 Å². The van der Waals surface area contributed by atoms with E-state index in [4.69, 9.17) is 5.73 Å². The quantitative estimate of drug-likeness (QED) is 0.743. The zero-order chi connectivity index (χ0) is 19.5. The van der Waals surface area contributed by atoms with E-state index >= 15 is 4.39 Å². The highest BCUT2D eigenvalue weighted by Gasteiger charge is 2.56. The zero-order valence-corrected chi connectivity index (χ0v) is 15.4. The Kier molecular flexibility index (Phi) is 3.53. The number of hydrogen-bond donors (Lipinski definition) is 1. The van der Waals surface area contributed by atoms with Crippen LogP contribution in [0, 0.1) is 12.7 Å². The number of benzene rings is 2. The zero-order valence-electron chi connectivity index (χ0n) is 15.4. The van der Waals surface area contributed by atoms with Crippen LogP contribution in [-0.4, -0.2) is 27.7 Å². The molecule has 2 unspecified atom stereocenters. The summed E-state index contributed by atoms with van der Waals surface area (Å²) in [7, 11) is 0. The van der Waals surface area contributed by atoms with Gasteiger partial charge >= 0.3 is 6.03 Å². The molecule has 28 heavy (non-hydrogen) atoms. The number of aryl methyl sites for hydroxylation is 1. The summed E-state index contributed by atoms with van der Waals surface area (Å²) in [6, 6.07) is 14.5. The van der Waals surface area contributed by atoms with Crippen LogP contribution in [0.15, 0.2) is 54.7 Å². The van der Waals surface area contributed by atoms with E-state index in [0.29, 0.717) is 24.2 Å². The number of amides is 2. The Balaban J connectivity index is 1.74. The number of primary amides is 1. The normalized spacial score (nSPS) is 22.4. The molecule has 1 aliphatic carbocycles. The Hall–Kier alpha value is -3.28. The van der Waals surface area contributed by atoms with Crippen molar-refractivity contribution in [3.8, 4) is 11.3 Å². The number of carbonyl (C=O) groups is 1. The molecule has 2 heterocycles. The van der Waals surface area contributed by atoms with Gasteiger partial charge in [-0.15, -0.1) is 0 Å². The molecule has 2 N–H and O–H groups in total. The molecule has 5 nitrogen and oxygen atoms in total. The molecule has 2 atom stereocenters. The van der Waals surface area contributed by atoms with Crippen LogP contribution in [0.3, 0.4) is 0 Å². The molecular weight excluding hydrogens is 355 g/mol. The maximum Gasteiger partial charge on any atom is 0.315 e. The van der Waals surface area contributed by atoms with Gasteiger partial charge in [0, 0.05) is 29.3 Å². The Labute approximate surface area is 162 Å². The van der Waals surface area contributed by atoms with Gasteiger partial charge in [-0.3, -0.25) is 0 Å². The Morgan fingerprint density at radius 3 is 2.79 bits per heavy atom. The lowest BCUT2D eigenvalue weighted by atomic mass is 9.75. The van der Waals surface area contributed by atoms with E-state index < -0.39 is 11.4 Å². The first-order chi connectivity index (χ1) is 13.5. The lowest BCUT2D eigenvalue weighted by molar-refractivity contribution is 0.198. The van der Waals surface area contributed by atoms with Gasteiger partial charge in [-0.05, 0) is 54.3 Å². The summed E-state index contributed by atoms with van der Waals surface area (Å²) in [5.41, 5.74) is 10.1. The summed E-state index contributed by atoms with van der Waals surface area (Å²) < 4.78 is 15.3. The van der Waals surface area contributed by atoms with Crippen LogP contribution >= 0.6 is 0 Å². The second kappa shape index (κ2) is 5.86. The van der Waals surface area contributed by atoms with Crippen molar-refractivity contribution in [3.63, 3.8) is 0 Å². The molecule has 0 saturated carbocycles. The molecule has 6 heteroatoms. The van der Waals surface area contributed by atoms with Crippen LogP contribution in [0.5, 0.6) is 0 Å². The largest absolute Gasteiger partial charge is 0.351 e. The first-order valence-corrected chi connectivity index (χ1v) is 9.25. The lowest BCUT2D eigenvalue weighted by Gasteiger charge is -2.34. The minimum absolute atomic E-state index is 0.116. The molecule has 140 valence electrons. The van der Waals surface area contributed by atoms with Crippen molar-refractivity contribution >= 4 is 6.03 Å². The van der Waals surface area contributed by atoms with E-state index in [1.165, 1.54) is 0 Å². The van der Waals surface area contributed by atoms with Gasteiger partial charge in [0.05, 0.1) is 11.7 Å². The lowest BCUT2D eigenvalue weighted by Crippen LogP contribution is -2.42. The van der Waals surface area contributed by atoms with Gasteiger partial charge in [-0.1, -0.05) is 24.3 Å². The van der Waals surface area contributed by atoms with Gasteiger partial charge in [0.1, 0.15) is 5.82 Å². The summed E-state index contributed by atoms with van der Waals surface area (Å²) in [6.07, 6.45) is 2.25. The molecule has 2 amide bonds. The molecule has 1 aliphatic heterocycles. The predicted molar refractivity (Wildman–Crippen MR) is 103 cm³/mol. The fourth-order valence-corrected chi connectivity index (χ4v) is 4.93. The molecular formula is C22H19FN4O. The van der Waals surface area contributed by atoms with Gasteiger partial charge in [0.25, 0.3) is 0 Å². The fourth-order valence-electron chi connectivity index (χ4n) is 4.93. The van der Waals surface area contributed by atoms with Crippen molar-refractivity contribution in [2.45, 2.75) is 24.8 Å². The number of nitrogens with zero attached hydrogens (tertiary/aromatic N) is 3. The molecule has 5 rings (SSSR count). The molecule has 1 saturated heterocycles. The van der Waals surface area contributed by atoms with Gasteiger partial charge < -0.3 is 10.6 Å². The van der Waals surface area contributed by atoms with Crippen LogP contribution < -0.4 is 5.73 Å².